The highest BCUT2D eigenvalue weighted by molar-refractivity contribution is 5.92. The molecule has 0 spiro atoms. The molecule has 110 valence electrons. The van der Waals surface area contributed by atoms with Crippen molar-refractivity contribution < 1.29 is 4.79 Å². The van der Waals surface area contributed by atoms with Gasteiger partial charge in [-0.15, -0.1) is 12.4 Å². The van der Waals surface area contributed by atoms with Gasteiger partial charge in [-0.05, 0) is 13.1 Å². The van der Waals surface area contributed by atoms with Crippen LogP contribution in [0.2, 0.25) is 0 Å². The van der Waals surface area contributed by atoms with Gasteiger partial charge >= 0.3 is 0 Å². The number of amides is 1. The Kier molecular flexibility index (Phi) is 6.52. The molecule has 0 unspecified atom stereocenters. The molecule has 0 saturated carbocycles. The number of nitrogens with zero attached hydrogens (tertiary/aromatic N) is 3. The fraction of sp³-hybridized carbons (Fsp3) is 0.692. The summed E-state index contributed by atoms with van der Waals surface area (Å²) in [6, 6.07) is 1.89. The number of carbonyl (C=O) groups excluding carboxylic acids is 1. The van der Waals surface area contributed by atoms with Crippen LogP contribution in [-0.4, -0.2) is 47.8 Å². The lowest BCUT2D eigenvalue weighted by molar-refractivity contribution is 0.0786. The van der Waals surface area contributed by atoms with Gasteiger partial charge in [0.25, 0.3) is 5.91 Å². The van der Waals surface area contributed by atoms with E-state index in [1.165, 1.54) is 0 Å². The molecule has 5 nitrogen and oxygen atoms in total. The second kappa shape index (κ2) is 6.91. The summed E-state index contributed by atoms with van der Waals surface area (Å²) in [5.41, 5.74) is 1.54. The highest BCUT2D eigenvalue weighted by Crippen LogP contribution is 2.21. The minimum absolute atomic E-state index is 0. The third kappa shape index (κ3) is 4.51. The van der Waals surface area contributed by atoms with E-state index in [0.717, 1.165) is 12.2 Å². The molecule has 0 fully saturated rings. The van der Waals surface area contributed by atoms with E-state index in [1.54, 1.807) is 9.58 Å². The first-order valence-electron chi connectivity index (χ1n) is 6.22. The van der Waals surface area contributed by atoms with Crippen LogP contribution >= 0.6 is 12.4 Å². The van der Waals surface area contributed by atoms with Gasteiger partial charge in [-0.3, -0.25) is 9.48 Å². The van der Waals surface area contributed by atoms with Crippen LogP contribution in [0.15, 0.2) is 6.07 Å². The van der Waals surface area contributed by atoms with E-state index in [2.05, 4.69) is 31.2 Å². The molecule has 0 aliphatic rings. The van der Waals surface area contributed by atoms with E-state index in [-0.39, 0.29) is 23.7 Å². The third-order valence-electron chi connectivity index (χ3n) is 2.91. The number of nitrogens with one attached hydrogen (secondary N) is 1. The van der Waals surface area contributed by atoms with Crippen LogP contribution in [0, 0.1) is 0 Å². The molecule has 0 saturated heterocycles. The summed E-state index contributed by atoms with van der Waals surface area (Å²) in [6.45, 7) is 7.74. The summed E-state index contributed by atoms with van der Waals surface area (Å²) >= 11 is 0. The van der Waals surface area contributed by atoms with Gasteiger partial charge in [0.1, 0.15) is 5.69 Å². The van der Waals surface area contributed by atoms with Gasteiger partial charge in [-0.1, -0.05) is 20.8 Å². The van der Waals surface area contributed by atoms with Crippen LogP contribution in [0.3, 0.4) is 0 Å². The highest BCUT2D eigenvalue weighted by Gasteiger charge is 2.23. The zero-order chi connectivity index (χ0) is 13.9. The van der Waals surface area contributed by atoms with Gasteiger partial charge in [0, 0.05) is 32.6 Å². The van der Waals surface area contributed by atoms with Crippen molar-refractivity contribution in [3.63, 3.8) is 0 Å². The minimum Gasteiger partial charge on any atom is -0.339 e. The predicted octanol–water partition coefficient (Wildman–Crippen LogP) is 1.43. The average molecular weight is 289 g/mol. The number of halogens is 1. The Labute approximate surface area is 121 Å². The van der Waals surface area contributed by atoms with Crippen LogP contribution in [0.25, 0.3) is 0 Å². The van der Waals surface area contributed by atoms with Crippen molar-refractivity contribution >= 4 is 18.3 Å². The fourth-order valence-electron chi connectivity index (χ4n) is 1.61. The van der Waals surface area contributed by atoms with E-state index >= 15 is 0 Å². The van der Waals surface area contributed by atoms with Crippen molar-refractivity contribution in [1.29, 1.82) is 0 Å². The maximum atomic E-state index is 12.2. The lowest BCUT2D eigenvalue weighted by Gasteiger charge is -2.16. The predicted molar refractivity (Wildman–Crippen MR) is 80.0 cm³/mol. The number of aromatic nitrogens is 2. The second-order valence-electron chi connectivity index (χ2n) is 5.62. The first-order valence-corrected chi connectivity index (χ1v) is 6.22. The van der Waals surface area contributed by atoms with Crippen molar-refractivity contribution in [2.45, 2.75) is 26.2 Å². The maximum absolute atomic E-state index is 12.2. The lowest BCUT2D eigenvalue weighted by Crippen LogP contribution is -2.33. The normalized spacial score (nSPS) is 11.1. The van der Waals surface area contributed by atoms with E-state index < -0.39 is 0 Å². The Hall–Kier alpha value is -1.07. The summed E-state index contributed by atoms with van der Waals surface area (Å²) in [6.07, 6.45) is 0. The van der Waals surface area contributed by atoms with Crippen LogP contribution in [0.4, 0.5) is 0 Å². The molecular weight excluding hydrogens is 264 g/mol. The van der Waals surface area contributed by atoms with Crippen molar-refractivity contribution in [3.05, 3.63) is 17.5 Å². The molecule has 1 N–H and O–H groups in total. The van der Waals surface area contributed by atoms with Crippen LogP contribution in [0.1, 0.15) is 37.0 Å². The molecule has 0 aromatic carbocycles. The molecule has 19 heavy (non-hydrogen) atoms. The van der Waals surface area contributed by atoms with Gasteiger partial charge in [-0.2, -0.15) is 5.10 Å². The monoisotopic (exact) mass is 288 g/mol. The molecule has 1 heterocycles. The van der Waals surface area contributed by atoms with Crippen LogP contribution < -0.4 is 5.32 Å². The molecular formula is C13H25ClN4O. The first-order chi connectivity index (χ1) is 8.27. The average Bonchev–Trinajstić information content (AvgIpc) is 2.66. The number of aryl methyl sites for hydroxylation is 1. The molecule has 0 aliphatic carbocycles. The van der Waals surface area contributed by atoms with E-state index in [9.17, 15) is 4.79 Å². The molecule has 0 bridgehead atoms. The number of likely N-dealkylation sites (N-methyl/N-ethyl adjacent to an activating group) is 2. The fourth-order valence-corrected chi connectivity index (χ4v) is 1.61. The first kappa shape index (κ1) is 17.9. The lowest BCUT2D eigenvalue weighted by atomic mass is 9.92. The standard InChI is InChI=1S/C13H24N4O.ClH/c1-13(2,3)11-9-10(17(6)15-11)12(18)16(5)8-7-14-4;/h9,14H,7-8H2,1-6H3;1H. The largest absolute Gasteiger partial charge is 0.339 e. The van der Waals surface area contributed by atoms with Crippen LogP contribution in [0.5, 0.6) is 0 Å². The number of hydrogen-bond acceptors (Lipinski definition) is 3. The molecule has 1 aromatic rings. The highest BCUT2D eigenvalue weighted by atomic mass is 35.5. The summed E-state index contributed by atoms with van der Waals surface area (Å²) in [4.78, 5) is 14.0. The Morgan fingerprint density at radius 3 is 2.47 bits per heavy atom. The van der Waals surface area contributed by atoms with Crippen LogP contribution in [-0.2, 0) is 12.5 Å². The van der Waals surface area contributed by atoms with E-state index in [4.69, 9.17) is 0 Å². The van der Waals surface area contributed by atoms with Gasteiger partial charge in [0.15, 0.2) is 0 Å². The molecule has 0 aliphatic heterocycles. The topological polar surface area (TPSA) is 50.2 Å². The minimum atomic E-state index is -0.0418. The second-order valence-corrected chi connectivity index (χ2v) is 5.62. The van der Waals surface area contributed by atoms with Gasteiger partial charge in [0.05, 0.1) is 5.69 Å². The number of hydrogen-bond donors (Lipinski definition) is 1. The molecule has 0 atom stereocenters. The Morgan fingerprint density at radius 1 is 1.47 bits per heavy atom. The summed E-state index contributed by atoms with van der Waals surface area (Å²) in [5, 5.41) is 7.45. The SMILES string of the molecule is CNCCN(C)C(=O)c1cc(C(C)(C)C)nn1C.Cl. The molecule has 6 heteroatoms. The molecule has 1 aromatic heterocycles. The zero-order valence-corrected chi connectivity index (χ0v) is 13.5. The van der Waals surface area contributed by atoms with Crippen molar-refractivity contribution in [2.24, 2.45) is 7.05 Å². The summed E-state index contributed by atoms with van der Waals surface area (Å²) in [5.74, 6) is 0.00995. The summed E-state index contributed by atoms with van der Waals surface area (Å²) in [7, 11) is 5.50. The maximum Gasteiger partial charge on any atom is 0.271 e. The van der Waals surface area contributed by atoms with E-state index in [1.807, 2.05) is 27.2 Å². The molecule has 0 radical (unpaired) electrons. The van der Waals surface area contributed by atoms with Gasteiger partial charge in [-0.25, -0.2) is 0 Å². The number of rotatable bonds is 4. The third-order valence-corrected chi connectivity index (χ3v) is 2.91. The quantitative estimate of drug-likeness (QED) is 0.912. The van der Waals surface area contributed by atoms with Gasteiger partial charge in [0.2, 0.25) is 0 Å². The van der Waals surface area contributed by atoms with Gasteiger partial charge < -0.3 is 10.2 Å². The van der Waals surface area contributed by atoms with Crippen molar-refractivity contribution in [2.75, 3.05) is 27.2 Å². The van der Waals surface area contributed by atoms with E-state index in [0.29, 0.717) is 12.2 Å². The summed E-state index contributed by atoms with van der Waals surface area (Å²) < 4.78 is 1.67. The Balaban J connectivity index is 0.00000324. The molecule has 1 rings (SSSR count). The zero-order valence-electron chi connectivity index (χ0n) is 12.6. The van der Waals surface area contributed by atoms with Crippen molar-refractivity contribution in [1.82, 2.24) is 20.0 Å². The van der Waals surface area contributed by atoms with Crippen molar-refractivity contribution in [3.8, 4) is 0 Å². The Morgan fingerprint density at radius 2 is 2.05 bits per heavy atom. The Bertz CT molecular complexity index is 423. The number of carbonyl (C=O) groups is 1. The smallest absolute Gasteiger partial charge is 0.271 e. The molecule has 1 amide bonds.